The summed E-state index contributed by atoms with van der Waals surface area (Å²) in [6.45, 7) is -0.150. The lowest BCUT2D eigenvalue weighted by Crippen LogP contribution is -2.42. The highest BCUT2D eigenvalue weighted by Gasteiger charge is 2.33. The number of benzene rings is 1. The molecule has 0 spiro atoms. The van der Waals surface area contributed by atoms with Gasteiger partial charge in [-0.05, 0) is 31.0 Å². The number of carboxylic acids is 1. The molecule has 0 aliphatic heterocycles. The molecule has 1 aromatic carbocycles. The van der Waals surface area contributed by atoms with E-state index in [4.69, 9.17) is 21.4 Å². The highest BCUT2D eigenvalue weighted by atomic mass is 35.5. The van der Waals surface area contributed by atoms with Crippen molar-refractivity contribution in [3.63, 3.8) is 0 Å². The highest BCUT2D eigenvalue weighted by molar-refractivity contribution is 6.30. The number of hydrogen-bond acceptors (Lipinski definition) is 3. The molecule has 0 heterocycles. The molecule has 5 nitrogen and oxygen atoms in total. The lowest BCUT2D eigenvalue weighted by Gasteiger charge is -2.17. The van der Waals surface area contributed by atoms with Gasteiger partial charge in [-0.1, -0.05) is 24.1 Å². The summed E-state index contributed by atoms with van der Waals surface area (Å²) in [6.07, 6.45) is 2.12. The number of halogens is 1. The van der Waals surface area contributed by atoms with E-state index >= 15 is 0 Å². The van der Waals surface area contributed by atoms with Crippen LogP contribution in [0.4, 0.5) is 0 Å². The van der Waals surface area contributed by atoms with Gasteiger partial charge >= 0.3 is 5.97 Å². The van der Waals surface area contributed by atoms with Gasteiger partial charge in [-0.2, -0.15) is 0 Å². The molecule has 1 amide bonds. The molecule has 2 N–H and O–H groups in total. The molecule has 0 radical (unpaired) electrons. The fourth-order valence-electron chi connectivity index (χ4n) is 2.38. The van der Waals surface area contributed by atoms with Crippen LogP contribution in [-0.4, -0.2) is 29.6 Å². The molecule has 20 heavy (non-hydrogen) atoms. The van der Waals surface area contributed by atoms with Crippen molar-refractivity contribution in [2.45, 2.75) is 25.3 Å². The Morgan fingerprint density at radius 2 is 2.20 bits per heavy atom. The average molecular weight is 298 g/mol. The third-order valence-corrected chi connectivity index (χ3v) is 3.58. The molecule has 2 atom stereocenters. The van der Waals surface area contributed by atoms with Crippen LogP contribution < -0.4 is 10.1 Å². The van der Waals surface area contributed by atoms with E-state index in [1.165, 1.54) is 0 Å². The zero-order valence-electron chi connectivity index (χ0n) is 10.8. The summed E-state index contributed by atoms with van der Waals surface area (Å²) in [5.41, 5.74) is 0. The minimum Gasteiger partial charge on any atom is -0.484 e. The normalized spacial score (nSPS) is 21.4. The first-order valence-electron chi connectivity index (χ1n) is 6.47. The molecule has 108 valence electrons. The monoisotopic (exact) mass is 297 g/mol. The fourth-order valence-corrected chi connectivity index (χ4v) is 2.56. The van der Waals surface area contributed by atoms with Crippen molar-refractivity contribution in [2.24, 2.45) is 5.92 Å². The Kier molecular flexibility index (Phi) is 4.84. The van der Waals surface area contributed by atoms with Crippen LogP contribution in [0.25, 0.3) is 0 Å². The Hall–Kier alpha value is -1.75. The van der Waals surface area contributed by atoms with Gasteiger partial charge in [0.25, 0.3) is 5.91 Å². The molecule has 0 aromatic heterocycles. The van der Waals surface area contributed by atoms with Crippen molar-refractivity contribution in [3.8, 4) is 5.75 Å². The van der Waals surface area contributed by atoms with Crippen molar-refractivity contribution in [2.75, 3.05) is 6.61 Å². The number of carbonyl (C=O) groups is 2. The molecule has 1 fully saturated rings. The topological polar surface area (TPSA) is 75.6 Å². The maximum atomic E-state index is 11.8. The van der Waals surface area contributed by atoms with Crippen molar-refractivity contribution >= 4 is 23.5 Å². The van der Waals surface area contributed by atoms with E-state index in [0.29, 0.717) is 23.6 Å². The maximum Gasteiger partial charge on any atom is 0.308 e. The van der Waals surface area contributed by atoms with Crippen LogP contribution in [0.15, 0.2) is 24.3 Å². The molecule has 6 heteroatoms. The summed E-state index contributed by atoms with van der Waals surface area (Å²) in [5.74, 6) is -1.16. The predicted octanol–water partition coefficient (Wildman–Crippen LogP) is 2.09. The first-order chi connectivity index (χ1) is 9.56. The van der Waals surface area contributed by atoms with E-state index in [0.717, 1.165) is 6.42 Å². The van der Waals surface area contributed by atoms with Gasteiger partial charge in [-0.25, -0.2) is 0 Å². The third kappa shape index (κ3) is 3.87. The van der Waals surface area contributed by atoms with Gasteiger partial charge in [0.2, 0.25) is 0 Å². The van der Waals surface area contributed by atoms with Crippen molar-refractivity contribution in [1.82, 2.24) is 5.32 Å². The summed E-state index contributed by atoms with van der Waals surface area (Å²) in [7, 11) is 0. The van der Waals surface area contributed by atoms with E-state index in [1.807, 2.05) is 0 Å². The Balaban J connectivity index is 1.82. The van der Waals surface area contributed by atoms with Gasteiger partial charge in [0.05, 0.1) is 5.92 Å². The summed E-state index contributed by atoms with van der Waals surface area (Å²) >= 11 is 5.81. The van der Waals surface area contributed by atoms with Crippen LogP contribution in [0.3, 0.4) is 0 Å². The quantitative estimate of drug-likeness (QED) is 0.872. The maximum absolute atomic E-state index is 11.8. The van der Waals surface area contributed by atoms with Gasteiger partial charge in [0, 0.05) is 11.1 Å². The number of nitrogens with one attached hydrogen (secondary N) is 1. The number of amides is 1. The Morgan fingerprint density at radius 1 is 1.40 bits per heavy atom. The summed E-state index contributed by atoms with van der Waals surface area (Å²) in [4.78, 5) is 22.8. The molecule has 1 aromatic rings. The minimum atomic E-state index is -0.858. The molecular formula is C14H16ClNO4. The molecule has 0 saturated heterocycles. The first kappa shape index (κ1) is 14.7. The predicted molar refractivity (Wildman–Crippen MR) is 73.9 cm³/mol. The second-order valence-electron chi connectivity index (χ2n) is 4.80. The Labute approximate surface area is 121 Å². The SMILES string of the molecule is O=C(COc1cccc(Cl)c1)N[C@H]1CCC[C@H]1C(=O)O. The number of aliphatic carboxylic acids is 1. The number of rotatable bonds is 5. The number of ether oxygens (including phenoxy) is 1. The Morgan fingerprint density at radius 3 is 2.90 bits per heavy atom. The second kappa shape index (κ2) is 6.61. The lowest BCUT2D eigenvalue weighted by molar-refractivity contribution is -0.142. The van der Waals surface area contributed by atoms with Crippen LogP contribution >= 0.6 is 11.6 Å². The van der Waals surface area contributed by atoms with Crippen LogP contribution in [0.1, 0.15) is 19.3 Å². The van der Waals surface area contributed by atoms with Gasteiger partial charge < -0.3 is 15.2 Å². The van der Waals surface area contributed by atoms with Gasteiger partial charge in [-0.3, -0.25) is 9.59 Å². The zero-order valence-corrected chi connectivity index (χ0v) is 11.6. The average Bonchev–Trinajstić information content (AvgIpc) is 2.85. The van der Waals surface area contributed by atoms with E-state index < -0.39 is 11.9 Å². The van der Waals surface area contributed by atoms with Gasteiger partial charge in [0.1, 0.15) is 5.75 Å². The van der Waals surface area contributed by atoms with E-state index in [9.17, 15) is 9.59 Å². The first-order valence-corrected chi connectivity index (χ1v) is 6.84. The largest absolute Gasteiger partial charge is 0.484 e. The van der Waals surface area contributed by atoms with Crippen LogP contribution in [0, 0.1) is 5.92 Å². The lowest BCUT2D eigenvalue weighted by atomic mass is 10.0. The minimum absolute atomic E-state index is 0.150. The molecule has 1 aliphatic rings. The standard InChI is InChI=1S/C14H16ClNO4/c15-9-3-1-4-10(7-9)20-8-13(17)16-12-6-2-5-11(12)14(18)19/h1,3-4,7,11-12H,2,5-6,8H2,(H,16,17)(H,18,19)/t11-,12+/m1/s1. The van der Waals surface area contributed by atoms with Crippen LogP contribution in [0.2, 0.25) is 5.02 Å². The van der Waals surface area contributed by atoms with Crippen molar-refractivity contribution in [1.29, 1.82) is 0 Å². The molecular weight excluding hydrogens is 282 g/mol. The molecule has 2 rings (SSSR count). The third-order valence-electron chi connectivity index (χ3n) is 3.35. The highest BCUT2D eigenvalue weighted by Crippen LogP contribution is 2.25. The van der Waals surface area contributed by atoms with E-state index in [2.05, 4.69) is 5.32 Å². The van der Waals surface area contributed by atoms with Crippen molar-refractivity contribution < 1.29 is 19.4 Å². The zero-order chi connectivity index (χ0) is 14.5. The summed E-state index contributed by atoms with van der Waals surface area (Å²) in [5, 5.41) is 12.3. The fraction of sp³-hybridized carbons (Fsp3) is 0.429. The molecule has 0 unspecified atom stereocenters. The summed E-state index contributed by atoms with van der Waals surface area (Å²) in [6, 6.07) is 6.46. The number of carbonyl (C=O) groups excluding carboxylic acids is 1. The molecule has 1 saturated carbocycles. The smallest absolute Gasteiger partial charge is 0.308 e. The number of carboxylic acid groups (broad SMARTS) is 1. The van der Waals surface area contributed by atoms with E-state index in [1.54, 1.807) is 24.3 Å². The molecule has 1 aliphatic carbocycles. The van der Waals surface area contributed by atoms with Gasteiger partial charge in [0.15, 0.2) is 6.61 Å². The van der Waals surface area contributed by atoms with Gasteiger partial charge in [-0.15, -0.1) is 0 Å². The van der Waals surface area contributed by atoms with Crippen LogP contribution in [0.5, 0.6) is 5.75 Å². The van der Waals surface area contributed by atoms with E-state index in [-0.39, 0.29) is 18.6 Å². The molecule has 0 bridgehead atoms. The van der Waals surface area contributed by atoms with Crippen LogP contribution in [-0.2, 0) is 9.59 Å². The second-order valence-corrected chi connectivity index (χ2v) is 5.23. The van der Waals surface area contributed by atoms with Crippen molar-refractivity contribution in [3.05, 3.63) is 29.3 Å². The number of hydrogen-bond donors (Lipinski definition) is 2. The summed E-state index contributed by atoms with van der Waals surface area (Å²) < 4.78 is 5.31. The Bertz CT molecular complexity index is 506.